The second-order valence-electron chi connectivity index (χ2n) is 3.97. The Balaban J connectivity index is 2.58. The van der Waals surface area contributed by atoms with E-state index in [9.17, 15) is 0 Å². The van der Waals surface area contributed by atoms with Crippen molar-refractivity contribution in [1.82, 2.24) is 9.55 Å². The number of nitrogen functional groups attached to an aromatic ring is 1. The Morgan fingerprint density at radius 2 is 1.73 bits per heavy atom. The van der Waals surface area contributed by atoms with E-state index in [0.29, 0.717) is 5.82 Å². The Morgan fingerprint density at radius 1 is 1.13 bits per heavy atom. The van der Waals surface area contributed by atoms with Gasteiger partial charge in [-0.1, -0.05) is 17.2 Å². The minimum absolute atomic E-state index is 0.708. The summed E-state index contributed by atoms with van der Waals surface area (Å²) in [6, 6.07) is 6.35. The Hall–Kier alpha value is -1.77. The fourth-order valence-corrected chi connectivity index (χ4v) is 1.77. The number of aromatic nitrogens is 2. The predicted octanol–water partition coefficient (Wildman–Crippen LogP) is 2.29. The summed E-state index contributed by atoms with van der Waals surface area (Å²) in [4.78, 5) is 4.31. The zero-order valence-corrected chi connectivity index (χ0v) is 9.28. The topological polar surface area (TPSA) is 43.8 Å². The third-order valence-electron chi connectivity index (χ3n) is 2.48. The normalized spacial score (nSPS) is 10.6. The van der Waals surface area contributed by atoms with Crippen molar-refractivity contribution in [1.29, 1.82) is 0 Å². The molecule has 0 radical (unpaired) electrons. The van der Waals surface area contributed by atoms with Crippen molar-refractivity contribution in [3.8, 4) is 11.3 Å². The molecule has 0 bridgehead atoms. The molecule has 0 atom stereocenters. The number of aryl methyl sites for hydroxylation is 3. The average molecular weight is 201 g/mol. The molecule has 1 aromatic heterocycles. The monoisotopic (exact) mass is 201 g/mol. The first-order valence-electron chi connectivity index (χ1n) is 4.93. The van der Waals surface area contributed by atoms with E-state index in [2.05, 4.69) is 37.0 Å². The van der Waals surface area contributed by atoms with Crippen LogP contribution in [-0.2, 0) is 7.05 Å². The largest absolute Gasteiger partial charge is 0.383 e. The van der Waals surface area contributed by atoms with E-state index < -0.39 is 0 Å². The van der Waals surface area contributed by atoms with E-state index in [-0.39, 0.29) is 0 Å². The Morgan fingerprint density at radius 3 is 2.20 bits per heavy atom. The van der Waals surface area contributed by atoms with Crippen LogP contribution in [0.3, 0.4) is 0 Å². The third-order valence-corrected chi connectivity index (χ3v) is 2.48. The van der Waals surface area contributed by atoms with Crippen LogP contribution in [0.1, 0.15) is 11.1 Å². The molecule has 2 rings (SSSR count). The van der Waals surface area contributed by atoms with Crippen molar-refractivity contribution < 1.29 is 0 Å². The molecule has 2 aromatic rings. The van der Waals surface area contributed by atoms with Gasteiger partial charge in [-0.25, -0.2) is 4.98 Å². The fourth-order valence-electron chi connectivity index (χ4n) is 1.77. The van der Waals surface area contributed by atoms with Crippen LogP contribution in [0.5, 0.6) is 0 Å². The molecule has 0 spiro atoms. The molecule has 0 saturated heterocycles. The highest BCUT2D eigenvalue weighted by atomic mass is 15.1. The molecule has 1 aromatic carbocycles. The van der Waals surface area contributed by atoms with E-state index in [0.717, 1.165) is 11.3 Å². The number of nitrogens with two attached hydrogens (primary N) is 1. The van der Waals surface area contributed by atoms with E-state index >= 15 is 0 Å². The van der Waals surface area contributed by atoms with Gasteiger partial charge < -0.3 is 10.3 Å². The highest BCUT2D eigenvalue weighted by Gasteiger charge is 2.08. The van der Waals surface area contributed by atoms with Gasteiger partial charge in [-0.05, 0) is 26.0 Å². The summed E-state index contributed by atoms with van der Waals surface area (Å²) in [7, 11) is 1.90. The molecule has 15 heavy (non-hydrogen) atoms. The van der Waals surface area contributed by atoms with Crippen LogP contribution < -0.4 is 5.73 Å². The van der Waals surface area contributed by atoms with Crippen LogP contribution in [0.15, 0.2) is 24.5 Å². The molecular weight excluding hydrogens is 186 g/mol. The van der Waals surface area contributed by atoms with Crippen molar-refractivity contribution >= 4 is 5.82 Å². The quantitative estimate of drug-likeness (QED) is 0.769. The molecule has 2 N–H and O–H groups in total. The maximum atomic E-state index is 5.94. The molecule has 3 heteroatoms. The lowest BCUT2D eigenvalue weighted by Gasteiger charge is -2.03. The summed E-state index contributed by atoms with van der Waals surface area (Å²) in [6.45, 7) is 4.16. The van der Waals surface area contributed by atoms with Crippen LogP contribution in [0.4, 0.5) is 5.82 Å². The Kier molecular flexibility index (Phi) is 2.23. The molecule has 0 amide bonds. The molecule has 0 aliphatic carbocycles. The van der Waals surface area contributed by atoms with Crippen molar-refractivity contribution in [2.75, 3.05) is 5.73 Å². The van der Waals surface area contributed by atoms with E-state index in [1.54, 1.807) is 6.33 Å². The summed E-state index contributed by atoms with van der Waals surface area (Å²) in [5, 5.41) is 0. The maximum Gasteiger partial charge on any atom is 0.131 e. The van der Waals surface area contributed by atoms with Gasteiger partial charge in [0.2, 0.25) is 0 Å². The van der Waals surface area contributed by atoms with Gasteiger partial charge >= 0.3 is 0 Å². The summed E-state index contributed by atoms with van der Waals surface area (Å²) in [5.74, 6) is 0.708. The predicted molar refractivity (Wildman–Crippen MR) is 62.5 cm³/mol. The van der Waals surface area contributed by atoms with E-state index in [1.165, 1.54) is 11.1 Å². The van der Waals surface area contributed by atoms with Gasteiger partial charge in [0.25, 0.3) is 0 Å². The first-order chi connectivity index (χ1) is 7.08. The minimum atomic E-state index is 0.708. The molecule has 0 aliphatic rings. The highest BCUT2D eigenvalue weighted by Crippen LogP contribution is 2.25. The molecule has 0 unspecified atom stereocenters. The van der Waals surface area contributed by atoms with Gasteiger partial charge in [-0.15, -0.1) is 0 Å². The zero-order valence-electron chi connectivity index (χ0n) is 9.28. The van der Waals surface area contributed by atoms with Gasteiger partial charge in [-0.3, -0.25) is 0 Å². The molecule has 3 nitrogen and oxygen atoms in total. The van der Waals surface area contributed by atoms with Crippen molar-refractivity contribution in [2.45, 2.75) is 13.8 Å². The summed E-state index contributed by atoms with van der Waals surface area (Å²) in [6.07, 6.45) is 1.74. The molecular formula is C12H15N3. The Labute approximate surface area is 89.6 Å². The lowest BCUT2D eigenvalue weighted by Crippen LogP contribution is -1.96. The number of anilines is 1. The van der Waals surface area contributed by atoms with Gasteiger partial charge in [0.1, 0.15) is 11.5 Å². The highest BCUT2D eigenvalue weighted by molar-refractivity contribution is 5.71. The Bertz CT molecular complexity index is 477. The van der Waals surface area contributed by atoms with Gasteiger partial charge in [-0.2, -0.15) is 0 Å². The first kappa shape index (κ1) is 9.77. The van der Waals surface area contributed by atoms with Crippen LogP contribution in [-0.4, -0.2) is 9.55 Å². The molecule has 0 fully saturated rings. The van der Waals surface area contributed by atoms with Crippen LogP contribution in [0.25, 0.3) is 11.3 Å². The number of rotatable bonds is 1. The van der Waals surface area contributed by atoms with Crippen LogP contribution >= 0.6 is 0 Å². The standard InChI is InChI=1S/C12H15N3/c1-8-4-9(2)6-10(5-8)11-12(13)15(3)7-14-11/h4-7H,13H2,1-3H3. The second kappa shape index (κ2) is 3.42. The smallest absolute Gasteiger partial charge is 0.131 e. The maximum absolute atomic E-state index is 5.94. The van der Waals surface area contributed by atoms with Crippen LogP contribution in [0.2, 0.25) is 0 Å². The van der Waals surface area contributed by atoms with E-state index in [1.807, 2.05) is 11.6 Å². The molecule has 0 aliphatic heterocycles. The molecule has 78 valence electrons. The number of imidazole rings is 1. The van der Waals surface area contributed by atoms with Gasteiger partial charge in [0, 0.05) is 12.6 Å². The number of nitrogens with zero attached hydrogens (tertiary/aromatic N) is 2. The minimum Gasteiger partial charge on any atom is -0.383 e. The SMILES string of the molecule is Cc1cc(C)cc(-c2ncn(C)c2N)c1. The number of hydrogen-bond acceptors (Lipinski definition) is 2. The zero-order chi connectivity index (χ0) is 11.0. The summed E-state index contributed by atoms with van der Waals surface area (Å²) < 4.78 is 1.83. The van der Waals surface area contributed by atoms with Gasteiger partial charge in [0.05, 0.1) is 6.33 Å². The number of hydrogen-bond donors (Lipinski definition) is 1. The lowest BCUT2D eigenvalue weighted by atomic mass is 10.1. The van der Waals surface area contributed by atoms with E-state index in [4.69, 9.17) is 5.73 Å². The van der Waals surface area contributed by atoms with Gasteiger partial charge in [0.15, 0.2) is 0 Å². The van der Waals surface area contributed by atoms with Crippen molar-refractivity contribution in [3.63, 3.8) is 0 Å². The first-order valence-corrected chi connectivity index (χ1v) is 4.93. The third kappa shape index (κ3) is 1.73. The number of benzene rings is 1. The second-order valence-corrected chi connectivity index (χ2v) is 3.97. The summed E-state index contributed by atoms with van der Waals surface area (Å²) >= 11 is 0. The average Bonchev–Trinajstić information content (AvgIpc) is 2.46. The summed E-state index contributed by atoms with van der Waals surface area (Å²) in [5.41, 5.74) is 10.4. The van der Waals surface area contributed by atoms with Crippen molar-refractivity contribution in [3.05, 3.63) is 35.7 Å². The van der Waals surface area contributed by atoms with Crippen LogP contribution in [0, 0.1) is 13.8 Å². The fraction of sp³-hybridized carbons (Fsp3) is 0.250. The molecule has 1 heterocycles. The lowest BCUT2D eigenvalue weighted by molar-refractivity contribution is 0.925. The van der Waals surface area contributed by atoms with Crippen molar-refractivity contribution in [2.24, 2.45) is 7.05 Å². The molecule has 0 saturated carbocycles.